The average molecular weight is 296 g/mol. The van der Waals surface area contributed by atoms with Crippen LogP contribution in [0.3, 0.4) is 0 Å². The van der Waals surface area contributed by atoms with E-state index in [1.807, 2.05) is 17.5 Å². The van der Waals surface area contributed by atoms with Gasteiger partial charge < -0.3 is 5.11 Å². The molecule has 0 saturated heterocycles. The van der Waals surface area contributed by atoms with Crippen LogP contribution in [0.15, 0.2) is 46.7 Å². The molecule has 0 amide bonds. The molecular formula is C14H16O3S2. The molecular weight excluding hydrogens is 280 g/mol. The number of rotatable bonds is 5. The Hall–Kier alpha value is -1.17. The first kappa shape index (κ1) is 14.2. The number of hydrogen-bond donors (Lipinski definition) is 1. The van der Waals surface area contributed by atoms with Gasteiger partial charge in [0.15, 0.2) is 9.84 Å². The van der Waals surface area contributed by atoms with E-state index < -0.39 is 15.9 Å². The van der Waals surface area contributed by atoms with Crippen LogP contribution in [-0.2, 0) is 16.3 Å². The maximum absolute atomic E-state index is 11.3. The summed E-state index contributed by atoms with van der Waals surface area (Å²) in [6.07, 6.45) is 2.08. The monoisotopic (exact) mass is 296 g/mol. The molecule has 0 saturated carbocycles. The Kier molecular flexibility index (Phi) is 4.39. The summed E-state index contributed by atoms with van der Waals surface area (Å²) in [7, 11) is -3.17. The molecule has 2 aromatic rings. The van der Waals surface area contributed by atoms with E-state index in [0.29, 0.717) is 6.42 Å². The minimum atomic E-state index is -3.17. The van der Waals surface area contributed by atoms with E-state index in [1.165, 1.54) is 11.1 Å². The summed E-state index contributed by atoms with van der Waals surface area (Å²) in [5, 5.41) is 12.1. The third kappa shape index (κ3) is 3.89. The van der Waals surface area contributed by atoms with E-state index in [4.69, 9.17) is 0 Å². The highest BCUT2D eigenvalue weighted by Gasteiger charge is 2.11. The van der Waals surface area contributed by atoms with Crippen molar-refractivity contribution < 1.29 is 13.5 Å². The fourth-order valence-corrected chi connectivity index (χ4v) is 3.19. The Morgan fingerprint density at radius 3 is 2.42 bits per heavy atom. The number of thiophene rings is 1. The smallest absolute Gasteiger partial charge is 0.175 e. The Morgan fingerprint density at radius 1 is 1.21 bits per heavy atom. The zero-order valence-corrected chi connectivity index (χ0v) is 12.2. The number of aryl methyl sites for hydroxylation is 1. The summed E-state index contributed by atoms with van der Waals surface area (Å²) >= 11 is 1.68. The SMILES string of the molecule is CS(=O)(=O)c1ccc(C(O)CCc2cccs2)cc1. The molecule has 0 bridgehead atoms. The second-order valence-electron chi connectivity index (χ2n) is 4.48. The molecule has 2 rings (SSSR count). The van der Waals surface area contributed by atoms with Crippen molar-refractivity contribution in [2.24, 2.45) is 0 Å². The Morgan fingerprint density at radius 2 is 1.89 bits per heavy atom. The summed E-state index contributed by atoms with van der Waals surface area (Å²) in [5.41, 5.74) is 0.754. The lowest BCUT2D eigenvalue weighted by Gasteiger charge is -2.10. The van der Waals surface area contributed by atoms with E-state index in [-0.39, 0.29) is 4.90 Å². The molecule has 19 heavy (non-hydrogen) atoms. The summed E-state index contributed by atoms with van der Waals surface area (Å²) < 4.78 is 22.7. The molecule has 1 N–H and O–H groups in total. The Labute approximate surface area is 117 Å². The molecule has 3 nitrogen and oxygen atoms in total. The van der Waals surface area contributed by atoms with Crippen LogP contribution in [0.5, 0.6) is 0 Å². The summed E-state index contributed by atoms with van der Waals surface area (Å²) in [6, 6.07) is 10.5. The Bertz CT molecular complexity index is 613. The molecule has 1 atom stereocenters. The topological polar surface area (TPSA) is 54.4 Å². The van der Waals surface area contributed by atoms with Gasteiger partial charge in [0, 0.05) is 11.1 Å². The zero-order chi connectivity index (χ0) is 13.9. The zero-order valence-electron chi connectivity index (χ0n) is 10.6. The van der Waals surface area contributed by atoms with Crippen molar-refractivity contribution in [2.45, 2.75) is 23.8 Å². The molecule has 0 fully saturated rings. The third-order valence-corrected chi connectivity index (χ3v) is 5.00. The molecule has 5 heteroatoms. The minimum Gasteiger partial charge on any atom is -0.388 e. The van der Waals surface area contributed by atoms with Crippen LogP contribution < -0.4 is 0 Å². The largest absolute Gasteiger partial charge is 0.388 e. The van der Waals surface area contributed by atoms with Crippen molar-refractivity contribution in [3.8, 4) is 0 Å². The van der Waals surface area contributed by atoms with Crippen LogP contribution in [0, 0.1) is 0 Å². The predicted octanol–water partition coefficient (Wildman–Crippen LogP) is 2.82. The van der Waals surface area contributed by atoms with Gasteiger partial charge in [-0.3, -0.25) is 0 Å². The van der Waals surface area contributed by atoms with Gasteiger partial charge in [0.25, 0.3) is 0 Å². The molecule has 1 heterocycles. The molecule has 1 aromatic carbocycles. The quantitative estimate of drug-likeness (QED) is 0.923. The predicted molar refractivity (Wildman–Crippen MR) is 77.2 cm³/mol. The van der Waals surface area contributed by atoms with Gasteiger partial charge >= 0.3 is 0 Å². The van der Waals surface area contributed by atoms with E-state index in [9.17, 15) is 13.5 Å². The molecule has 0 radical (unpaired) electrons. The molecule has 1 unspecified atom stereocenters. The maximum Gasteiger partial charge on any atom is 0.175 e. The van der Waals surface area contributed by atoms with Gasteiger partial charge in [-0.2, -0.15) is 0 Å². The van der Waals surface area contributed by atoms with Crippen LogP contribution in [-0.4, -0.2) is 19.8 Å². The maximum atomic E-state index is 11.3. The van der Waals surface area contributed by atoms with Crippen LogP contribution >= 0.6 is 11.3 Å². The first-order valence-corrected chi connectivity index (χ1v) is 8.74. The second kappa shape index (κ2) is 5.86. The van der Waals surface area contributed by atoms with E-state index in [2.05, 4.69) is 0 Å². The van der Waals surface area contributed by atoms with E-state index >= 15 is 0 Å². The molecule has 0 aliphatic heterocycles. The van der Waals surface area contributed by atoms with Crippen molar-refractivity contribution in [1.29, 1.82) is 0 Å². The van der Waals surface area contributed by atoms with Crippen molar-refractivity contribution in [3.63, 3.8) is 0 Å². The molecule has 102 valence electrons. The lowest BCUT2D eigenvalue weighted by Crippen LogP contribution is -2.01. The first-order chi connectivity index (χ1) is 8.97. The van der Waals surface area contributed by atoms with Gasteiger partial charge in [0.1, 0.15) is 0 Å². The molecule has 0 aliphatic carbocycles. The van der Waals surface area contributed by atoms with Crippen LogP contribution in [0.2, 0.25) is 0 Å². The molecule has 0 aliphatic rings. The number of sulfone groups is 1. The first-order valence-electron chi connectivity index (χ1n) is 5.97. The van der Waals surface area contributed by atoms with Gasteiger partial charge in [0.2, 0.25) is 0 Å². The van der Waals surface area contributed by atoms with E-state index in [0.717, 1.165) is 12.0 Å². The summed E-state index contributed by atoms with van der Waals surface area (Å²) in [6.45, 7) is 0. The van der Waals surface area contributed by atoms with Crippen molar-refractivity contribution in [2.75, 3.05) is 6.26 Å². The standard InChI is InChI=1S/C14H16O3S2/c1-19(16,17)13-7-4-11(5-8-13)14(15)9-6-12-3-2-10-18-12/h2-5,7-8,10,14-15H,6,9H2,1H3. The third-order valence-electron chi connectivity index (χ3n) is 2.94. The lowest BCUT2D eigenvalue weighted by molar-refractivity contribution is 0.168. The van der Waals surface area contributed by atoms with Gasteiger partial charge in [-0.05, 0) is 42.0 Å². The van der Waals surface area contributed by atoms with Crippen molar-refractivity contribution in [1.82, 2.24) is 0 Å². The van der Waals surface area contributed by atoms with Gasteiger partial charge in [-0.25, -0.2) is 8.42 Å². The highest BCUT2D eigenvalue weighted by atomic mass is 32.2. The summed E-state index contributed by atoms with van der Waals surface area (Å²) in [5.74, 6) is 0. The average Bonchev–Trinajstić information content (AvgIpc) is 2.88. The molecule has 1 aromatic heterocycles. The summed E-state index contributed by atoms with van der Waals surface area (Å²) in [4.78, 5) is 1.52. The van der Waals surface area contributed by atoms with Gasteiger partial charge in [-0.1, -0.05) is 18.2 Å². The highest BCUT2D eigenvalue weighted by Crippen LogP contribution is 2.22. The van der Waals surface area contributed by atoms with Crippen molar-refractivity contribution >= 4 is 21.2 Å². The fraction of sp³-hybridized carbons (Fsp3) is 0.286. The van der Waals surface area contributed by atoms with E-state index in [1.54, 1.807) is 35.6 Å². The Balaban J connectivity index is 2.01. The lowest BCUT2D eigenvalue weighted by atomic mass is 10.0. The van der Waals surface area contributed by atoms with Crippen LogP contribution in [0.25, 0.3) is 0 Å². The van der Waals surface area contributed by atoms with Crippen molar-refractivity contribution in [3.05, 3.63) is 52.2 Å². The number of benzene rings is 1. The highest BCUT2D eigenvalue weighted by molar-refractivity contribution is 7.90. The number of aliphatic hydroxyl groups excluding tert-OH is 1. The van der Waals surface area contributed by atoms with Gasteiger partial charge in [-0.15, -0.1) is 11.3 Å². The number of aliphatic hydroxyl groups is 1. The molecule has 0 spiro atoms. The van der Waals surface area contributed by atoms with Gasteiger partial charge in [0.05, 0.1) is 11.0 Å². The fourth-order valence-electron chi connectivity index (χ4n) is 1.84. The second-order valence-corrected chi connectivity index (χ2v) is 7.52. The minimum absolute atomic E-state index is 0.279. The normalized spacial score (nSPS) is 13.4. The van der Waals surface area contributed by atoms with Crippen LogP contribution in [0.4, 0.5) is 0 Å². The number of hydrogen-bond acceptors (Lipinski definition) is 4. The van der Waals surface area contributed by atoms with Crippen LogP contribution in [0.1, 0.15) is 23.0 Å².